The van der Waals surface area contributed by atoms with Gasteiger partial charge in [-0.1, -0.05) is 29.8 Å². The number of imidazole rings is 1. The van der Waals surface area contributed by atoms with Crippen LogP contribution in [-0.2, 0) is 13.0 Å². The second kappa shape index (κ2) is 8.62. The van der Waals surface area contributed by atoms with Gasteiger partial charge in [0.2, 0.25) is 0 Å². The number of benzene rings is 2. The van der Waals surface area contributed by atoms with E-state index < -0.39 is 0 Å². The van der Waals surface area contributed by atoms with E-state index in [1.165, 1.54) is 29.2 Å². The highest BCUT2D eigenvalue weighted by Gasteiger charge is 2.18. The number of nitrogen functional groups attached to an aromatic ring is 1. The number of aryl methyl sites for hydroxylation is 3. The fourth-order valence-electron chi connectivity index (χ4n) is 3.28. The van der Waals surface area contributed by atoms with E-state index in [-0.39, 0.29) is 0 Å². The molecule has 0 aliphatic heterocycles. The maximum absolute atomic E-state index is 6.08. The first-order valence-electron chi connectivity index (χ1n) is 9.51. The van der Waals surface area contributed by atoms with Gasteiger partial charge in [0.1, 0.15) is 17.8 Å². The first kappa shape index (κ1) is 20.0. The van der Waals surface area contributed by atoms with E-state index in [0.717, 1.165) is 33.6 Å². The quantitative estimate of drug-likeness (QED) is 0.480. The van der Waals surface area contributed by atoms with Crippen molar-refractivity contribution in [2.24, 2.45) is 0 Å². The Morgan fingerprint density at radius 1 is 1.07 bits per heavy atom. The summed E-state index contributed by atoms with van der Waals surface area (Å²) in [6.07, 6.45) is 2.32. The minimum Gasteiger partial charge on any atom is -0.497 e. The normalized spacial score (nSPS) is 11.0. The van der Waals surface area contributed by atoms with E-state index in [1.54, 1.807) is 14.2 Å². The molecule has 0 saturated carbocycles. The van der Waals surface area contributed by atoms with Crippen molar-refractivity contribution in [1.82, 2.24) is 19.5 Å². The highest BCUT2D eigenvalue weighted by Crippen LogP contribution is 2.38. The summed E-state index contributed by atoms with van der Waals surface area (Å²) >= 11 is 1.49. The van der Waals surface area contributed by atoms with Crippen LogP contribution in [-0.4, -0.2) is 33.7 Å². The Balaban J connectivity index is 1.74. The van der Waals surface area contributed by atoms with Gasteiger partial charge in [-0.25, -0.2) is 15.0 Å². The summed E-state index contributed by atoms with van der Waals surface area (Å²) in [4.78, 5) is 14.2. The van der Waals surface area contributed by atoms with Crippen LogP contribution < -0.4 is 15.2 Å². The molecule has 2 aromatic heterocycles. The second-order valence-electron chi connectivity index (χ2n) is 6.84. The van der Waals surface area contributed by atoms with Crippen LogP contribution >= 0.6 is 11.8 Å². The van der Waals surface area contributed by atoms with Gasteiger partial charge in [-0.3, -0.25) is 0 Å². The van der Waals surface area contributed by atoms with Gasteiger partial charge < -0.3 is 19.8 Å². The Hall–Kier alpha value is -3.26. The lowest BCUT2D eigenvalue weighted by Gasteiger charge is -2.12. The summed E-state index contributed by atoms with van der Waals surface area (Å²) in [5.41, 5.74) is 9.90. The SMILES string of the molecule is COc1ccc(OC)c(Sc2nc3c(N)ncnc3n2CCc2cccc(C)c2)c1. The molecule has 4 aromatic rings. The zero-order valence-electron chi connectivity index (χ0n) is 17.1. The van der Waals surface area contributed by atoms with Gasteiger partial charge in [-0.15, -0.1) is 0 Å². The highest BCUT2D eigenvalue weighted by atomic mass is 32.2. The summed E-state index contributed by atoms with van der Waals surface area (Å²) < 4.78 is 13.0. The van der Waals surface area contributed by atoms with Gasteiger partial charge in [-0.2, -0.15) is 0 Å². The standard InChI is InChI=1S/C22H23N5O2S/c1-14-5-4-6-15(11-14)9-10-27-21-19(20(23)24-13-25-21)26-22(27)30-18-12-16(28-2)7-8-17(18)29-3/h4-8,11-13H,9-10H2,1-3H3,(H2,23,24,25). The molecule has 0 fully saturated rings. The molecule has 2 heterocycles. The third-order valence-electron chi connectivity index (χ3n) is 4.80. The van der Waals surface area contributed by atoms with Crippen LogP contribution in [0.1, 0.15) is 11.1 Å². The molecule has 0 aliphatic rings. The molecular weight excluding hydrogens is 398 g/mol. The van der Waals surface area contributed by atoms with Gasteiger partial charge in [0.05, 0.1) is 19.1 Å². The molecule has 0 radical (unpaired) electrons. The summed E-state index contributed by atoms with van der Waals surface area (Å²) in [5, 5.41) is 0.774. The smallest absolute Gasteiger partial charge is 0.175 e. The first-order chi connectivity index (χ1) is 14.6. The molecule has 0 aliphatic carbocycles. The molecule has 7 nitrogen and oxygen atoms in total. The molecule has 2 N–H and O–H groups in total. The molecule has 8 heteroatoms. The lowest BCUT2D eigenvalue weighted by atomic mass is 10.1. The van der Waals surface area contributed by atoms with Crippen molar-refractivity contribution in [2.45, 2.75) is 29.9 Å². The molecule has 0 amide bonds. The Morgan fingerprint density at radius 3 is 2.70 bits per heavy atom. The largest absolute Gasteiger partial charge is 0.497 e. The Kier molecular flexibility index (Phi) is 5.76. The zero-order chi connectivity index (χ0) is 21.1. The average molecular weight is 422 g/mol. The second-order valence-corrected chi connectivity index (χ2v) is 7.84. The van der Waals surface area contributed by atoms with Gasteiger partial charge >= 0.3 is 0 Å². The van der Waals surface area contributed by atoms with Crippen LogP contribution in [0.5, 0.6) is 11.5 Å². The monoisotopic (exact) mass is 421 g/mol. The number of nitrogens with two attached hydrogens (primary N) is 1. The highest BCUT2D eigenvalue weighted by molar-refractivity contribution is 7.99. The minimum atomic E-state index is 0.369. The Bertz CT molecular complexity index is 1190. The molecule has 0 saturated heterocycles. The van der Waals surface area contributed by atoms with Crippen molar-refractivity contribution >= 4 is 28.7 Å². The first-order valence-corrected chi connectivity index (χ1v) is 10.3. The number of ether oxygens (including phenoxy) is 2. The van der Waals surface area contributed by atoms with E-state index >= 15 is 0 Å². The van der Waals surface area contributed by atoms with E-state index in [4.69, 9.17) is 20.2 Å². The number of methoxy groups -OCH3 is 2. The molecule has 30 heavy (non-hydrogen) atoms. The van der Waals surface area contributed by atoms with Crippen LogP contribution in [0.4, 0.5) is 5.82 Å². The van der Waals surface area contributed by atoms with E-state index in [2.05, 4.69) is 45.7 Å². The lowest BCUT2D eigenvalue weighted by molar-refractivity contribution is 0.394. The molecule has 4 rings (SSSR count). The maximum Gasteiger partial charge on any atom is 0.175 e. The van der Waals surface area contributed by atoms with Crippen molar-refractivity contribution in [1.29, 1.82) is 0 Å². The molecule has 0 unspecified atom stereocenters. The van der Waals surface area contributed by atoms with Crippen LogP contribution in [0.25, 0.3) is 11.2 Å². The topological polar surface area (TPSA) is 88.1 Å². The Morgan fingerprint density at radius 2 is 1.93 bits per heavy atom. The summed E-state index contributed by atoms with van der Waals surface area (Å²) in [7, 11) is 3.29. The Labute approximate surface area is 179 Å². The zero-order valence-corrected chi connectivity index (χ0v) is 17.9. The molecule has 0 spiro atoms. The molecule has 154 valence electrons. The number of hydrogen-bond donors (Lipinski definition) is 1. The van der Waals surface area contributed by atoms with E-state index in [0.29, 0.717) is 17.9 Å². The van der Waals surface area contributed by atoms with Gasteiger partial charge in [0.25, 0.3) is 0 Å². The number of anilines is 1. The van der Waals surface area contributed by atoms with E-state index in [9.17, 15) is 0 Å². The van der Waals surface area contributed by atoms with E-state index in [1.807, 2.05) is 18.2 Å². The van der Waals surface area contributed by atoms with Crippen LogP contribution in [0, 0.1) is 6.92 Å². The summed E-state index contributed by atoms with van der Waals surface area (Å²) in [6.45, 7) is 2.81. The lowest BCUT2D eigenvalue weighted by Crippen LogP contribution is -2.05. The fourth-order valence-corrected chi connectivity index (χ4v) is 4.33. The third-order valence-corrected chi connectivity index (χ3v) is 5.84. The van der Waals surface area contributed by atoms with Crippen molar-refractivity contribution in [2.75, 3.05) is 20.0 Å². The van der Waals surface area contributed by atoms with Crippen LogP contribution in [0.2, 0.25) is 0 Å². The van der Waals surface area contributed by atoms with Crippen molar-refractivity contribution in [3.8, 4) is 11.5 Å². The molecular formula is C22H23N5O2S. The predicted octanol–water partition coefficient (Wildman–Crippen LogP) is 4.13. The number of hydrogen-bond acceptors (Lipinski definition) is 7. The van der Waals surface area contributed by atoms with Gasteiger partial charge in [0.15, 0.2) is 22.1 Å². The predicted molar refractivity (Wildman–Crippen MR) is 118 cm³/mol. The summed E-state index contributed by atoms with van der Waals surface area (Å²) in [6, 6.07) is 14.2. The average Bonchev–Trinajstić information content (AvgIpc) is 3.10. The maximum atomic E-state index is 6.08. The minimum absolute atomic E-state index is 0.369. The van der Waals surface area contributed by atoms with Crippen molar-refractivity contribution in [3.63, 3.8) is 0 Å². The number of nitrogens with zero attached hydrogens (tertiary/aromatic N) is 4. The van der Waals surface area contributed by atoms with Crippen LogP contribution in [0.3, 0.4) is 0 Å². The molecule has 0 atom stereocenters. The molecule has 0 bridgehead atoms. The number of rotatable bonds is 7. The van der Waals surface area contributed by atoms with Gasteiger partial charge in [-0.05, 0) is 48.9 Å². The third kappa shape index (κ3) is 4.04. The summed E-state index contributed by atoms with van der Waals surface area (Å²) in [5.74, 6) is 1.87. The number of fused-ring (bicyclic) bond motifs is 1. The van der Waals surface area contributed by atoms with Crippen LogP contribution in [0.15, 0.2) is 58.8 Å². The van der Waals surface area contributed by atoms with Gasteiger partial charge in [0, 0.05) is 6.54 Å². The van der Waals surface area contributed by atoms with Crippen molar-refractivity contribution in [3.05, 3.63) is 59.9 Å². The molecule has 2 aromatic carbocycles. The van der Waals surface area contributed by atoms with Crippen molar-refractivity contribution < 1.29 is 9.47 Å². The number of aromatic nitrogens is 4. The fraction of sp³-hybridized carbons (Fsp3) is 0.227.